The minimum absolute atomic E-state index is 0.0327. The summed E-state index contributed by atoms with van der Waals surface area (Å²) in [6.07, 6.45) is 6.01. The molecular weight excluding hydrogens is 290 g/mol. The van der Waals surface area contributed by atoms with Crippen LogP contribution in [0.25, 0.3) is 0 Å². The van der Waals surface area contributed by atoms with Crippen LogP contribution < -0.4 is 10.1 Å². The molecule has 1 aliphatic carbocycles. The number of amides is 1. The Morgan fingerprint density at radius 1 is 1.30 bits per heavy atom. The lowest BCUT2D eigenvalue weighted by Gasteiger charge is -2.34. The Hall–Kier alpha value is -1.55. The first-order chi connectivity index (χ1) is 11.0. The van der Waals surface area contributed by atoms with Crippen LogP contribution in [-0.4, -0.2) is 24.7 Å². The summed E-state index contributed by atoms with van der Waals surface area (Å²) in [6.45, 7) is 6.16. The summed E-state index contributed by atoms with van der Waals surface area (Å²) in [5.41, 5.74) is 1.15. The fourth-order valence-corrected chi connectivity index (χ4v) is 3.05. The predicted octanol–water partition coefficient (Wildman–Crippen LogP) is 4.46. The first-order valence-electron chi connectivity index (χ1n) is 8.64. The van der Waals surface area contributed by atoms with Gasteiger partial charge in [0.25, 0.3) is 5.91 Å². The van der Waals surface area contributed by atoms with E-state index in [4.69, 9.17) is 9.47 Å². The second-order valence-electron chi connectivity index (χ2n) is 6.53. The van der Waals surface area contributed by atoms with Crippen molar-refractivity contribution in [1.82, 2.24) is 0 Å². The monoisotopic (exact) mass is 319 g/mol. The highest BCUT2D eigenvalue weighted by atomic mass is 16.5. The lowest BCUT2D eigenvalue weighted by Crippen LogP contribution is -2.46. The number of hydrogen-bond acceptors (Lipinski definition) is 3. The van der Waals surface area contributed by atoms with Gasteiger partial charge in [-0.3, -0.25) is 4.79 Å². The number of ether oxygens (including phenoxy) is 2. The molecule has 1 atom stereocenters. The molecule has 1 fully saturated rings. The molecule has 2 rings (SSSR count). The van der Waals surface area contributed by atoms with E-state index in [1.54, 1.807) is 7.11 Å². The summed E-state index contributed by atoms with van der Waals surface area (Å²) in [7, 11) is 1.64. The van der Waals surface area contributed by atoms with Crippen LogP contribution in [0.5, 0.6) is 5.75 Å². The largest absolute Gasteiger partial charge is 0.490 e. The maximum atomic E-state index is 12.7. The van der Waals surface area contributed by atoms with Crippen LogP contribution >= 0.6 is 0 Å². The van der Waals surface area contributed by atoms with Gasteiger partial charge >= 0.3 is 0 Å². The molecule has 4 heteroatoms. The zero-order valence-corrected chi connectivity index (χ0v) is 14.8. The predicted molar refractivity (Wildman–Crippen MR) is 93.0 cm³/mol. The zero-order valence-electron chi connectivity index (χ0n) is 14.8. The SMILES string of the molecule is CC[C@@H](C)Oc1ccc(NC(=O)C2(OC)CCCCC2)cc1C. The maximum Gasteiger partial charge on any atom is 0.256 e. The van der Waals surface area contributed by atoms with Gasteiger partial charge < -0.3 is 14.8 Å². The fraction of sp³-hybridized carbons (Fsp3) is 0.632. The molecule has 1 aliphatic rings. The molecule has 0 unspecified atom stereocenters. The standard InChI is InChI=1S/C19H29NO3/c1-5-15(3)23-17-10-9-16(13-14(17)2)20-18(21)19(22-4)11-7-6-8-12-19/h9-10,13,15H,5-8,11-12H2,1-4H3,(H,20,21)/t15-/m1/s1. The van der Waals surface area contributed by atoms with Crippen LogP contribution in [0.4, 0.5) is 5.69 Å². The summed E-state index contributed by atoms with van der Waals surface area (Å²) in [6, 6.07) is 5.79. The van der Waals surface area contributed by atoms with Crippen molar-refractivity contribution in [2.45, 2.75) is 71.0 Å². The number of rotatable bonds is 6. The molecule has 1 saturated carbocycles. The highest BCUT2D eigenvalue weighted by Crippen LogP contribution is 2.33. The van der Waals surface area contributed by atoms with Crippen LogP contribution in [0.1, 0.15) is 57.9 Å². The quantitative estimate of drug-likeness (QED) is 0.842. The second kappa shape index (κ2) is 7.82. The Kier molecular flexibility index (Phi) is 6.05. The first-order valence-corrected chi connectivity index (χ1v) is 8.64. The summed E-state index contributed by atoms with van der Waals surface area (Å²) in [4.78, 5) is 12.7. The molecule has 1 amide bonds. The average molecular weight is 319 g/mol. The molecule has 0 heterocycles. The minimum atomic E-state index is -0.669. The van der Waals surface area contributed by atoms with Crippen molar-refractivity contribution < 1.29 is 14.3 Å². The molecule has 0 spiro atoms. The van der Waals surface area contributed by atoms with Gasteiger partial charge in [0, 0.05) is 12.8 Å². The van der Waals surface area contributed by atoms with Gasteiger partial charge in [0.05, 0.1) is 6.10 Å². The Morgan fingerprint density at radius 3 is 2.57 bits per heavy atom. The zero-order chi connectivity index (χ0) is 16.9. The Balaban J connectivity index is 2.07. The Morgan fingerprint density at radius 2 is 2.00 bits per heavy atom. The first kappa shape index (κ1) is 17.8. The van der Waals surface area contributed by atoms with Gasteiger partial charge in [0.1, 0.15) is 11.4 Å². The molecule has 4 nitrogen and oxygen atoms in total. The summed E-state index contributed by atoms with van der Waals surface area (Å²) < 4.78 is 11.5. The molecule has 0 aromatic heterocycles. The number of nitrogens with one attached hydrogen (secondary N) is 1. The summed E-state index contributed by atoms with van der Waals surface area (Å²) in [5.74, 6) is 0.839. The van der Waals surface area contributed by atoms with E-state index in [0.717, 1.165) is 49.1 Å². The van der Waals surface area contributed by atoms with Gasteiger partial charge in [0.15, 0.2) is 0 Å². The molecule has 128 valence electrons. The Labute approximate surface area is 139 Å². The van der Waals surface area contributed by atoms with Crippen molar-refractivity contribution in [3.05, 3.63) is 23.8 Å². The highest BCUT2D eigenvalue weighted by Gasteiger charge is 2.39. The number of hydrogen-bond donors (Lipinski definition) is 1. The van der Waals surface area contributed by atoms with E-state index < -0.39 is 5.60 Å². The average Bonchev–Trinajstić information content (AvgIpc) is 2.57. The van der Waals surface area contributed by atoms with Crippen LogP contribution in [0.2, 0.25) is 0 Å². The molecular formula is C19H29NO3. The van der Waals surface area contributed by atoms with E-state index >= 15 is 0 Å². The van der Waals surface area contributed by atoms with Gasteiger partial charge in [0.2, 0.25) is 0 Å². The minimum Gasteiger partial charge on any atom is -0.490 e. The maximum absolute atomic E-state index is 12.7. The number of aryl methyl sites for hydroxylation is 1. The van der Waals surface area contributed by atoms with E-state index in [1.165, 1.54) is 6.42 Å². The molecule has 1 aromatic rings. The lowest BCUT2D eigenvalue weighted by atomic mass is 9.84. The smallest absolute Gasteiger partial charge is 0.256 e. The van der Waals surface area contributed by atoms with E-state index in [-0.39, 0.29) is 12.0 Å². The molecule has 23 heavy (non-hydrogen) atoms. The van der Waals surface area contributed by atoms with Crippen molar-refractivity contribution in [3.63, 3.8) is 0 Å². The number of anilines is 1. The fourth-order valence-electron chi connectivity index (χ4n) is 3.05. The lowest BCUT2D eigenvalue weighted by molar-refractivity contribution is -0.141. The van der Waals surface area contributed by atoms with Crippen molar-refractivity contribution >= 4 is 11.6 Å². The summed E-state index contributed by atoms with van der Waals surface area (Å²) in [5, 5.41) is 3.02. The van der Waals surface area contributed by atoms with Crippen molar-refractivity contribution in [3.8, 4) is 5.75 Å². The summed E-state index contributed by atoms with van der Waals surface area (Å²) >= 11 is 0. The number of benzene rings is 1. The van der Waals surface area contributed by atoms with Gasteiger partial charge in [-0.1, -0.05) is 26.2 Å². The Bertz CT molecular complexity index is 535. The van der Waals surface area contributed by atoms with Crippen molar-refractivity contribution in [2.24, 2.45) is 0 Å². The van der Waals surface area contributed by atoms with Gasteiger partial charge in [-0.25, -0.2) is 0 Å². The van der Waals surface area contributed by atoms with Gasteiger partial charge in [-0.2, -0.15) is 0 Å². The third-order valence-corrected chi connectivity index (χ3v) is 4.80. The number of carbonyl (C=O) groups is 1. The molecule has 1 N–H and O–H groups in total. The van der Waals surface area contributed by atoms with Crippen LogP contribution in [-0.2, 0) is 9.53 Å². The van der Waals surface area contributed by atoms with E-state index in [0.29, 0.717) is 0 Å². The molecule has 0 bridgehead atoms. The van der Waals surface area contributed by atoms with Crippen LogP contribution in [0.15, 0.2) is 18.2 Å². The number of carbonyl (C=O) groups excluding carboxylic acids is 1. The van der Waals surface area contributed by atoms with Gasteiger partial charge in [-0.15, -0.1) is 0 Å². The third-order valence-electron chi connectivity index (χ3n) is 4.80. The second-order valence-corrected chi connectivity index (χ2v) is 6.53. The van der Waals surface area contributed by atoms with E-state index in [1.807, 2.05) is 25.1 Å². The van der Waals surface area contributed by atoms with E-state index in [2.05, 4.69) is 19.2 Å². The van der Waals surface area contributed by atoms with Crippen molar-refractivity contribution in [1.29, 1.82) is 0 Å². The van der Waals surface area contributed by atoms with Crippen LogP contribution in [0.3, 0.4) is 0 Å². The molecule has 0 aliphatic heterocycles. The number of methoxy groups -OCH3 is 1. The molecule has 0 saturated heterocycles. The molecule has 0 radical (unpaired) electrons. The van der Waals surface area contributed by atoms with Crippen LogP contribution in [0, 0.1) is 6.92 Å². The van der Waals surface area contributed by atoms with Crippen molar-refractivity contribution in [2.75, 3.05) is 12.4 Å². The highest BCUT2D eigenvalue weighted by molar-refractivity contribution is 5.97. The van der Waals surface area contributed by atoms with E-state index in [9.17, 15) is 4.79 Å². The van der Waals surface area contributed by atoms with Gasteiger partial charge in [-0.05, 0) is 56.9 Å². The normalized spacial score (nSPS) is 18.3. The topological polar surface area (TPSA) is 47.6 Å². The third kappa shape index (κ3) is 4.25. The molecule has 1 aromatic carbocycles.